The first-order chi connectivity index (χ1) is 15.8. The van der Waals surface area contributed by atoms with Gasteiger partial charge in [-0.25, -0.2) is 0 Å². The molecule has 9 heteroatoms. The Kier molecular flexibility index (Phi) is 7.68. The van der Waals surface area contributed by atoms with E-state index in [4.69, 9.17) is 0 Å². The monoisotopic (exact) mass is 457 g/mol. The molecule has 6 nitrogen and oxygen atoms in total. The van der Waals surface area contributed by atoms with Gasteiger partial charge in [0.25, 0.3) is 5.91 Å². The van der Waals surface area contributed by atoms with Crippen LogP contribution in [0.1, 0.15) is 21.5 Å². The molecule has 33 heavy (non-hydrogen) atoms. The summed E-state index contributed by atoms with van der Waals surface area (Å²) in [4.78, 5) is 25.2. The van der Waals surface area contributed by atoms with Gasteiger partial charge in [-0.1, -0.05) is 48.5 Å². The number of benzene rings is 3. The minimum absolute atomic E-state index is 0.101. The van der Waals surface area contributed by atoms with Gasteiger partial charge in [0.15, 0.2) is 0 Å². The fourth-order valence-corrected chi connectivity index (χ4v) is 3.06. The van der Waals surface area contributed by atoms with E-state index >= 15 is 0 Å². The Hall–Kier alpha value is -3.85. The van der Waals surface area contributed by atoms with Crippen molar-refractivity contribution in [2.45, 2.75) is 18.8 Å². The van der Waals surface area contributed by atoms with Crippen molar-refractivity contribution in [3.63, 3.8) is 0 Å². The fourth-order valence-electron chi connectivity index (χ4n) is 3.06. The first kappa shape index (κ1) is 23.8. The summed E-state index contributed by atoms with van der Waals surface area (Å²) >= 11 is 0. The SMILES string of the molecule is O=C(NC(CO)C(=O)NCc1ccccc1)c1ccccc1Nc1cccc(C(F)(F)F)c1. The Bertz CT molecular complexity index is 1100. The van der Waals surface area contributed by atoms with Gasteiger partial charge in [-0.05, 0) is 35.9 Å². The van der Waals surface area contributed by atoms with E-state index in [-0.39, 0.29) is 23.5 Å². The van der Waals surface area contributed by atoms with E-state index < -0.39 is 36.2 Å². The molecule has 1 atom stereocenters. The van der Waals surface area contributed by atoms with Gasteiger partial charge < -0.3 is 21.1 Å². The van der Waals surface area contributed by atoms with Crippen molar-refractivity contribution in [3.05, 3.63) is 95.6 Å². The van der Waals surface area contributed by atoms with Gasteiger partial charge in [0, 0.05) is 12.2 Å². The van der Waals surface area contributed by atoms with Crippen molar-refractivity contribution in [1.29, 1.82) is 0 Å². The van der Waals surface area contributed by atoms with E-state index in [0.717, 1.165) is 17.7 Å². The highest BCUT2D eigenvalue weighted by Crippen LogP contribution is 2.31. The largest absolute Gasteiger partial charge is 0.416 e. The number of aliphatic hydroxyl groups is 1. The molecular weight excluding hydrogens is 435 g/mol. The molecule has 3 aromatic rings. The molecule has 3 aromatic carbocycles. The fraction of sp³-hybridized carbons (Fsp3) is 0.167. The lowest BCUT2D eigenvalue weighted by atomic mass is 10.1. The van der Waals surface area contributed by atoms with Crippen LogP contribution >= 0.6 is 0 Å². The summed E-state index contributed by atoms with van der Waals surface area (Å²) in [6.45, 7) is -0.407. The van der Waals surface area contributed by atoms with E-state index in [1.165, 1.54) is 24.3 Å². The zero-order valence-electron chi connectivity index (χ0n) is 17.4. The zero-order chi connectivity index (χ0) is 23.8. The second-order valence-corrected chi connectivity index (χ2v) is 7.16. The van der Waals surface area contributed by atoms with Gasteiger partial charge in [0.2, 0.25) is 5.91 Å². The molecule has 0 heterocycles. The summed E-state index contributed by atoms with van der Waals surface area (Å²) in [5.74, 6) is -1.24. The van der Waals surface area contributed by atoms with Crippen molar-refractivity contribution >= 4 is 23.2 Å². The number of anilines is 2. The summed E-state index contributed by atoms with van der Waals surface area (Å²) in [5.41, 5.74) is 0.513. The number of halogens is 3. The first-order valence-corrected chi connectivity index (χ1v) is 10.0. The van der Waals surface area contributed by atoms with E-state index in [9.17, 15) is 27.9 Å². The minimum Gasteiger partial charge on any atom is -0.394 e. The summed E-state index contributed by atoms with van der Waals surface area (Å²) < 4.78 is 39.0. The number of carbonyl (C=O) groups is 2. The third-order valence-corrected chi connectivity index (χ3v) is 4.75. The average Bonchev–Trinajstić information content (AvgIpc) is 2.81. The maximum atomic E-state index is 13.0. The topological polar surface area (TPSA) is 90.5 Å². The van der Waals surface area contributed by atoms with Crippen LogP contribution in [0.5, 0.6) is 0 Å². The molecule has 0 radical (unpaired) electrons. The number of carbonyl (C=O) groups excluding carboxylic acids is 2. The number of nitrogens with one attached hydrogen (secondary N) is 3. The van der Waals surface area contributed by atoms with Gasteiger partial charge >= 0.3 is 6.18 Å². The highest BCUT2D eigenvalue weighted by Gasteiger charge is 2.30. The van der Waals surface area contributed by atoms with Crippen molar-refractivity contribution in [2.75, 3.05) is 11.9 Å². The molecule has 172 valence electrons. The Morgan fingerprint density at radius 2 is 1.61 bits per heavy atom. The van der Waals surface area contributed by atoms with Crippen LogP contribution in [0.3, 0.4) is 0 Å². The summed E-state index contributed by atoms with van der Waals surface area (Å²) in [7, 11) is 0. The van der Waals surface area contributed by atoms with Crippen LogP contribution in [0.4, 0.5) is 24.5 Å². The molecule has 4 N–H and O–H groups in total. The van der Waals surface area contributed by atoms with Gasteiger partial charge in [0.1, 0.15) is 6.04 Å². The molecule has 0 aliphatic carbocycles. The lowest BCUT2D eigenvalue weighted by molar-refractivity contribution is -0.137. The quantitative estimate of drug-likeness (QED) is 0.414. The van der Waals surface area contributed by atoms with Crippen LogP contribution in [0.25, 0.3) is 0 Å². The van der Waals surface area contributed by atoms with Crippen LogP contribution in [-0.4, -0.2) is 29.6 Å². The van der Waals surface area contributed by atoms with E-state index in [2.05, 4.69) is 16.0 Å². The number of amides is 2. The van der Waals surface area contributed by atoms with Crippen LogP contribution in [0.2, 0.25) is 0 Å². The molecular formula is C24H22F3N3O3. The Morgan fingerprint density at radius 3 is 2.30 bits per heavy atom. The van der Waals surface area contributed by atoms with Crippen LogP contribution < -0.4 is 16.0 Å². The lowest BCUT2D eigenvalue weighted by Gasteiger charge is -2.18. The van der Waals surface area contributed by atoms with Crippen molar-refractivity contribution < 1.29 is 27.9 Å². The molecule has 0 spiro atoms. The number of rotatable bonds is 8. The van der Waals surface area contributed by atoms with Crippen molar-refractivity contribution in [2.24, 2.45) is 0 Å². The second kappa shape index (κ2) is 10.6. The van der Waals surface area contributed by atoms with Crippen LogP contribution in [-0.2, 0) is 17.5 Å². The van der Waals surface area contributed by atoms with Crippen LogP contribution in [0.15, 0.2) is 78.9 Å². The van der Waals surface area contributed by atoms with Gasteiger partial charge in [-0.15, -0.1) is 0 Å². The molecule has 0 saturated carbocycles. The molecule has 0 aliphatic heterocycles. The molecule has 0 bridgehead atoms. The number of alkyl halides is 3. The van der Waals surface area contributed by atoms with E-state index in [0.29, 0.717) is 0 Å². The van der Waals surface area contributed by atoms with E-state index in [1.807, 2.05) is 30.3 Å². The summed E-state index contributed by atoms with van der Waals surface area (Å²) in [6, 6.07) is 18.7. The summed E-state index contributed by atoms with van der Waals surface area (Å²) in [5, 5.41) is 17.5. The average molecular weight is 457 g/mol. The molecule has 1 unspecified atom stereocenters. The number of hydrogen-bond acceptors (Lipinski definition) is 4. The smallest absolute Gasteiger partial charge is 0.394 e. The second-order valence-electron chi connectivity index (χ2n) is 7.16. The highest BCUT2D eigenvalue weighted by molar-refractivity contribution is 6.02. The third-order valence-electron chi connectivity index (χ3n) is 4.75. The van der Waals surface area contributed by atoms with Crippen LogP contribution in [0, 0.1) is 0 Å². The minimum atomic E-state index is -4.50. The van der Waals surface area contributed by atoms with E-state index in [1.54, 1.807) is 12.1 Å². The summed E-state index contributed by atoms with van der Waals surface area (Å²) in [6.07, 6.45) is -4.50. The van der Waals surface area contributed by atoms with Crippen molar-refractivity contribution in [1.82, 2.24) is 10.6 Å². The Labute approximate surface area is 188 Å². The zero-order valence-corrected chi connectivity index (χ0v) is 17.4. The number of para-hydroxylation sites is 1. The lowest BCUT2D eigenvalue weighted by Crippen LogP contribution is -2.48. The predicted octanol–water partition coefficient (Wildman–Crippen LogP) is 3.86. The number of hydrogen-bond donors (Lipinski definition) is 4. The Balaban J connectivity index is 1.70. The first-order valence-electron chi connectivity index (χ1n) is 10.0. The van der Waals surface area contributed by atoms with Gasteiger partial charge in [-0.3, -0.25) is 9.59 Å². The molecule has 0 aliphatic rings. The van der Waals surface area contributed by atoms with Gasteiger partial charge in [-0.2, -0.15) is 13.2 Å². The normalized spacial score (nSPS) is 12.0. The maximum absolute atomic E-state index is 13.0. The standard InChI is InChI=1S/C24H22F3N3O3/c25-24(26,27)17-9-6-10-18(13-17)29-20-12-5-4-11-19(20)22(32)30-21(15-31)23(33)28-14-16-7-2-1-3-8-16/h1-13,21,29,31H,14-15H2,(H,28,33)(H,30,32). The molecule has 2 amide bonds. The maximum Gasteiger partial charge on any atom is 0.416 e. The molecule has 0 saturated heterocycles. The predicted molar refractivity (Wildman–Crippen MR) is 118 cm³/mol. The highest BCUT2D eigenvalue weighted by atomic mass is 19.4. The van der Waals surface area contributed by atoms with Crippen molar-refractivity contribution in [3.8, 4) is 0 Å². The molecule has 0 fully saturated rings. The molecule has 0 aromatic heterocycles. The Morgan fingerprint density at radius 1 is 0.909 bits per heavy atom. The van der Waals surface area contributed by atoms with Gasteiger partial charge in [0.05, 0.1) is 23.4 Å². The molecule has 3 rings (SSSR count). The third kappa shape index (κ3) is 6.56. The number of aliphatic hydroxyl groups excluding tert-OH is 1.